The summed E-state index contributed by atoms with van der Waals surface area (Å²) in [6.07, 6.45) is 0. The van der Waals surface area contributed by atoms with Crippen LogP contribution >= 0.6 is 23.2 Å². The average Bonchev–Trinajstić information content (AvgIpc) is 2.67. The van der Waals surface area contributed by atoms with Crippen molar-refractivity contribution in [3.8, 4) is 6.07 Å². The first-order valence-electron chi connectivity index (χ1n) is 7.80. The van der Waals surface area contributed by atoms with E-state index in [1.165, 1.54) is 0 Å². The maximum atomic E-state index is 9.39. The van der Waals surface area contributed by atoms with Gasteiger partial charge in [-0.25, -0.2) is 4.98 Å². The molecule has 0 saturated heterocycles. The van der Waals surface area contributed by atoms with Gasteiger partial charge in [0.2, 0.25) is 0 Å². The molecule has 0 bridgehead atoms. The summed E-state index contributed by atoms with van der Waals surface area (Å²) in [5.74, 6) is 0. The van der Waals surface area contributed by atoms with Crippen LogP contribution in [0.1, 0.15) is 28.1 Å². The summed E-state index contributed by atoms with van der Waals surface area (Å²) in [5.41, 5.74) is 4.94. The van der Waals surface area contributed by atoms with Crippen LogP contribution in [0.15, 0.2) is 73.8 Å². The number of aromatic nitrogens is 1. The Hall–Kier alpha value is -2.86. The van der Waals surface area contributed by atoms with Crippen LogP contribution in [0.3, 0.4) is 0 Å². The van der Waals surface area contributed by atoms with Gasteiger partial charge in [-0.3, -0.25) is 0 Å². The van der Waals surface area contributed by atoms with Gasteiger partial charge >= 0.3 is 0 Å². The SMILES string of the molecule is C=C(c1ccc(Cl)cc1)c1cc(C#N)cc(C(=C)c2ccc(Cl)cc2)n1. The van der Waals surface area contributed by atoms with E-state index in [9.17, 15) is 5.26 Å². The van der Waals surface area contributed by atoms with Crippen LogP contribution in [0.5, 0.6) is 0 Å². The van der Waals surface area contributed by atoms with Crippen LogP contribution < -0.4 is 0 Å². The number of nitriles is 1. The highest BCUT2D eigenvalue weighted by atomic mass is 35.5. The Kier molecular flexibility index (Phi) is 5.23. The molecule has 2 nitrogen and oxygen atoms in total. The Labute approximate surface area is 162 Å². The summed E-state index contributed by atoms with van der Waals surface area (Å²) in [6.45, 7) is 8.25. The van der Waals surface area contributed by atoms with Crippen molar-refractivity contribution in [3.05, 3.63) is 112 Å². The summed E-state index contributed by atoms with van der Waals surface area (Å²) >= 11 is 11.9. The van der Waals surface area contributed by atoms with Crippen LogP contribution in [-0.4, -0.2) is 4.98 Å². The molecule has 3 rings (SSSR count). The summed E-state index contributed by atoms with van der Waals surface area (Å²) in [4.78, 5) is 4.66. The number of benzene rings is 2. The predicted octanol–water partition coefficient (Wildman–Crippen LogP) is 6.38. The van der Waals surface area contributed by atoms with E-state index in [1.54, 1.807) is 36.4 Å². The molecule has 0 fully saturated rings. The molecule has 0 radical (unpaired) electrons. The van der Waals surface area contributed by atoms with E-state index in [2.05, 4.69) is 24.2 Å². The maximum absolute atomic E-state index is 9.39. The molecule has 26 heavy (non-hydrogen) atoms. The Bertz CT molecular complexity index is 951. The molecule has 2 aromatic carbocycles. The second kappa shape index (κ2) is 7.58. The lowest BCUT2D eigenvalue weighted by Crippen LogP contribution is -1.98. The molecule has 0 N–H and O–H groups in total. The van der Waals surface area contributed by atoms with Crippen LogP contribution in [0.4, 0.5) is 0 Å². The molecule has 1 heterocycles. The standard InChI is InChI=1S/C22H14Cl2N2/c1-14(17-3-7-19(23)8-4-17)21-11-16(13-25)12-22(26-21)15(2)18-5-9-20(24)10-6-18/h3-12H,1-2H2. The fourth-order valence-electron chi connectivity index (χ4n) is 2.50. The van der Waals surface area contributed by atoms with Crippen molar-refractivity contribution in [2.24, 2.45) is 0 Å². The molecule has 0 aliphatic carbocycles. The van der Waals surface area contributed by atoms with Gasteiger partial charge in [-0.2, -0.15) is 5.26 Å². The molecule has 0 amide bonds. The van der Waals surface area contributed by atoms with Crippen LogP contribution in [0.2, 0.25) is 10.0 Å². The van der Waals surface area contributed by atoms with E-state index in [-0.39, 0.29) is 0 Å². The second-order valence-corrected chi connectivity index (χ2v) is 6.58. The highest BCUT2D eigenvalue weighted by Crippen LogP contribution is 2.27. The molecule has 0 spiro atoms. The fourth-order valence-corrected chi connectivity index (χ4v) is 2.75. The van der Waals surface area contributed by atoms with E-state index in [1.807, 2.05) is 24.3 Å². The Morgan fingerprint density at radius 2 is 1.15 bits per heavy atom. The second-order valence-electron chi connectivity index (χ2n) is 5.71. The van der Waals surface area contributed by atoms with Gasteiger partial charge in [-0.1, -0.05) is 60.6 Å². The van der Waals surface area contributed by atoms with E-state index >= 15 is 0 Å². The molecule has 0 aliphatic heterocycles. The van der Waals surface area contributed by atoms with E-state index in [4.69, 9.17) is 23.2 Å². The largest absolute Gasteiger partial charge is 0.248 e. The van der Waals surface area contributed by atoms with E-state index < -0.39 is 0 Å². The summed E-state index contributed by atoms with van der Waals surface area (Å²) < 4.78 is 0. The topological polar surface area (TPSA) is 36.7 Å². The van der Waals surface area contributed by atoms with Gasteiger partial charge in [0, 0.05) is 21.2 Å². The number of nitrogens with zero attached hydrogens (tertiary/aromatic N) is 2. The summed E-state index contributed by atoms with van der Waals surface area (Å²) in [7, 11) is 0. The van der Waals surface area contributed by atoms with Gasteiger partial charge in [0.15, 0.2) is 0 Å². The molecule has 4 heteroatoms. The van der Waals surface area contributed by atoms with Crippen molar-refractivity contribution < 1.29 is 0 Å². The van der Waals surface area contributed by atoms with Gasteiger partial charge < -0.3 is 0 Å². The minimum absolute atomic E-state index is 0.496. The summed E-state index contributed by atoms with van der Waals surface area (Å²) in [6, 6.07) is 20.3. The smallest absolute Gasteiger partial charge is 0.0993 e. The van der Waals surface area contributed by atoms with Crippen LogP contribution in [0, 0.1) is 11.3 Å². The molecule has 1 aromatic heterocycles. The monoisotopic (exact) mass is 376 g/mol. The van der Waals surface area contributed by atoms with Crippen molar-refractivity contribution in [1.29, 1.82) is 5.26 Å². The normalized spacial score (nSPS) is 10.2. The zero-order valence-electron chi connectivity index (χ0n) is 13.8. The van der Waals surface area contributed by atoms with Crippen molar-refractivity contribution in [3.63, 3.8) is 0 Å². The molecule has 3 aromatic rings. The van der Waals surface area contributed by atoms with Gasteiger partial charge in [0.1, 0.15) is 0 Å². The lowest BCUT2D eigenvalue weighted by Gasteiger charge is -2.11. The predicted molar refractivity (Wildman–Crippen MR) is 108 cm³/mol. The summed E-state index contributed by atoms with van der Waals surface area (Å²) in [5, 5.41) is 10.7. The van der Waals surface area contributed by atoms with Crippen molar-refractivity contribution in [1.82, 2.24) is 4.98 Å². The Morgan fingerprint density at radius 3 is 1.50 bits per heavy atom. The Balaban J connectivity index is 2.02. The number of hydrogen-bond acceptors (Lipinski definition) is 2. The average molecular weight is 377 g/mol. The van der Waals surface area contributed by atoms with Gasteiger partial charge in [-0.15, -0.1) is 0 Å². The maximum Gasteiger partial charge on any atom is 0.0993 e. The first kappa shape index (κ1) is 17.9. The molecule has 0 saturated carbocycles. The third-order valence-corrected chi connectivity index (χ3v) is 4.46. The highest BCUT2D eigenvalue weighted by molar-refractivity contribution is 6.30. The highest BCUT2D eigenvalue weighted by Gasteiger charge is 2.11. The molecule has 0 unspecified atom stereocenters. The minimum atomic E-state index is 0.496. The minimum Gasteiger partial charge on any atom is -0.248 e. The molecular formula is C22H14Cl2N2. The lowest BCUT2D eigenvalue weighted by atomic mass is 9.99. The number of hydrogen-bond donors (Lipinski definition) is 0. The van der Waals surface area contributed by atoms with Gasteiger partial charge in [0.25, 0.3) is 0 Å². The zero-order chi connectivity index (χ0) is 18.7. The lowest BCUT2D eigenvalue weighted by molar-refractivity contribution is 1.22. The molecule has 0 aliphatic rings. The first-order valence-corrected chi connectivity index (χ1v) is 8.56. The van der Waals surface area contributed by atoms with E-state index in [0.717, 1.165) is 11.1 Å². The Morgan fingerprint density at radius 1 is 0.769 bits per heavy atom. The van der Waals surface area contributed by atoms with E-state index in [0.29, 0.717) is 38.1 Å². The van der Waals surface area contributed by atoms with Crippen LogP contribution in [-0.2, 0) is 0 Å². The van der Waals surface area contributed by atoms with Crippen molar-refractivity contribution in [2.45, 2.75) is 0 Å². The zero-order valence-corrected chi connectivity index (χ0v) is 15.3. The van der Waals surface area contributed by atoms with Crippen LogP contribution in [0.25, 0.3) is 11.1 Å². The first-order chi connectivity index (χ1) is 12.5. The van der Waals surface area contributed by atoms with Crippen molar-refractivity contribution in [2.75, 3.05) is 0 Å². The number of halogens is 2. The molecular weight excluding hydrogens is 363 g/mol. The third kappa shape index (κ3) is 3.86. The van der Waals surface area contributed by atoms with Crippen molar-refractivity contribution >= 4 is 34.3 Å². The third-order valence-electron chi connectivity index (χ3n) is 3.96. The van der Waals surface area contributed by atoms with Gasteiger partial charge in [-0.05, 0) is 47.5 Å². The quantitative estimate of drug-likeness (QED) is 0.529. The van der Waals surface area contributed by atoms with Gasteiger partial charge in [0.05, 0.1) is 23.0 Å². The number of rotatable bonds is 4. The fraction of sp³-hybridized carbons (Fsp3) is 0. The molecule has 0 atom stereocenters. The molecule has 126 valence electrons. The number of pyridine rings is 1.